The fraction of sp³-hybridized carbons (Fsp3) is 0.188. The highest BCUT2D eigenvalue weighted by Gasteiger charge is 2.18. The molecule has 2 rings (SSSR count). The molecule has 1 aromatic heterocycles. The number of carbonyl (C=O) groups is 2. The Labute approximate surface area is 144 Å². The second-order valence-electron chi connectivity index (χ2n) is 5.15. The molecule has 0 radical (unpaired) electrons. The lowest BCUT2D eigenvalue weighted by Gasteiger charge is -2.11. The van der Waals surface area contributed by atoms with Crippen molar-refractivity contribution in [2.24, 2.45) is 0 Å². The van der Waals surface area contributed by atoms with E-state index in [4.69, 9.17) is 23.2 Å². The van der Waals surface area contributed by atoms with Crippen LogP contribution < -0.4 is 10.6 Å². The van der Waals surface area contributed by atoms with Gasteiger partial charge in [-0.15, -0.1) is 0 Å². The summed E-state index contributed by atoms with van der Waals surface area (Å²) >= 11 is 11.7. The number of halogens is 2. The van der Waals surface area contributed by atoms with E-state index in [9.17, 15) is 9.59 Å². The number of nitrogens with one attached hydrogen (secondary N) is 2. The number of amides is 3. The molecule has 0 fully saturated rings. The van der Waals surface area contributed by atoms with E-state index in [-0.39, 0.29) is 15.9 Å². The second kappa shape index (κ2) is 6.98. The highest BCUT2D eigenvalue weighted by molar-refractivity contribution is 6.35. The van der Waals surface area contributed by atoms with Crippen LogP contribution in [-0.4, -0.2) is 16.9 Å². The molecule has 0 saturated heterocycles. The van der Waals surface area contributed by atoms with E-state index in [1.807, 2.05) is 32.0 Å². The van der Waals surface area contributed by atoms with E-state index >= 15 is 0 Å². The lowest BCUT2D eigenvalue weighted by molar-refractivity contribution is 0.0966. The van der Waals surface area contributed by atoms with Gasteiger partial charge in [0.05, 0.1) is 5.56 Å². The van der Waals surface area contributed by atoms with Crippen LogP contribution in [0.5, 0.6) is 0 Å². The average Bonchev–Trinajstić information content (AvgIpc) is 2.41. The highest BCUT2D eigenvalue weighted by atomic mass is 35.5. The van der Waals surface area contributed by atoms with Gasteiger partial charge in [-0.25, -0.2) is 9.78 Å². The summed E-state index contributed by atoms with van der Waals surface area (Å²) in [5.74, 6) is -0.639. The van der Waals surface area contributed by atoms with Crippen molar-refractivity contribution < 1.29 is 9.59 Å². The molecule has 0 aliphatic heterocycles. The molecule has 3 amide bonds. The van der Waals surface area contributed by atoms with Crippen molar-refractivity contribution in [1.29, 1.82) is 0 Å². The molecule has 2 aromatic rings. The summed E-state index contributed by atoms with van der Waals surface area (Å²) < 4.78 is 0. The molecule has 7 heteroatoms. The molecule has 5 nitrogen and oxygen atoms in total. The van der Waals surface area contributed by atoms with E-state index in [1.54, 1.807) is 6.92 Å². The first-order valence-electron chi connectivity index (χ1n) is 6.80. The van der Waals surface area contributed by atoms with Crippen molar-refractivity contribution in [3.8, 4) is 0 Å². The van der Waals surface area contributed by atoms with Crippen molar-refractivity contribution in [3.05, 3.63) is 56.8 Å². The lowest BCUT2D eigenvalue weighted by atomic mass is 10.1. The second-order valence-corrected chi connectivity index (χ2v) is 5.90. The van der Waals surface area contributed by atoms with E-state index in [2.05, 4.69) is 15.6 Å². The van der Waals surface area contributed by atoms with Gasteiger partial charge in [-0.3, -0.25) is 10.1 Å². The van der Waals surface area contributed by atoms with Gasteiger partial charge in [0.15, 0.2) is 0 Å². The van der Waals surface area contributed by atoms with Crippen LogP contribution in [-0.2, 0) is 0 Å². The van der Waals surface area contributed by atoms with Gasteiger partial charge in [0.2, 0.25) is 0 Å². The number of hydrogen-bond donors (Lipinski definition) is 2. The number of pyridine rings is 1. The van der Waals surface area contributed by atoms with E-state index in [0.29, 0.717) is 11.3 Å². The summed E-state index contributed by atoms with van der Waals surface area (Å²) in [6, 6.07) is 6.50. The van der Waals surface area contributed by atoms with Crippen molar-refractivity contribution in [1.82, 2.24) is 10.3 Å². The summed E-state index contributed by atoms with van der Waals surface area (Å²) in [6.07, 6.45) is 0. The van der Waals surface area contributed by atoms with Crippen LogP contribution in [0, 0.1) is 20.8 Å². The largest absolute Gasteiger partial charge is 0.326 e. The molecule has 23 heavy (non-hydrogen) atoms. The molecule has 0 spiro atoms. The Morgan fingerprint density at radius 3 is 2.39 bits per heavy atom. The van der Waals surface area contributed by atoms with Gasteiger partial charge in [-0.2, -0.15) is 0 Å². The topological polar surface area (TPSA) is 71.1 Å². The van der Waals surface area contributed by atoms with Gasteiger partial charge in [0, 0.05) is 5.69 Å². The van der Waals surface area contributed by atoms with Crippen LogP contribution in [0.4, 0.5) is 10.5 Å². The number of urea groups is 1. The Kier molecular flexibility index (Phi) is 5.23. The van der Waals surface area contributed by atoms with Crippen LogP contribution in [0.2, 0.25) is 10.3 Å². The van der Waals surface area contributed by atoms with Gasteiger partial charge in [0.25, 0.3) is 5.91 Å². The molecule has 0 bridgehead atoms. The number of benzene rings is 1. The first-order valence-corrected chi connectivity index (χ1v) is 7.55. The molecule has 0 atom stereocenters. The third-order valence-electron chi connectivity index (χ3n) is 3.24. The van der Waals surface area contributed by atoms with Crippen LogP contribution in [0.15, 0.2) is 24.3 Å². The van der Waals surface area contributed by atoms with Crippen LogP contribution in [0.3, 0.4) is 0 Å². The van der Waals surface area contributed by atoms with Crippen LogP contribution in [0.25, 0.3) is 0 Å². The number of imide groups is 1. The molecule has 1 heterocycles. The SMILES string of the molecule is Cc1ccc(C)c(NC(=O)NC(=O)c2c(C)cc(Cl)nc2Cl)c1. The summed E-state index contributed by atoms with van der Waals surface area (Å²) in [6.45, 7) is 5.44. The van der Waals surface area contributed by atoms with E-state index in [1.165, 1.54) is 6.07 Å². The predicted molar refractivity (Wildman–Crippen MR) is 91.4 cm³/mol. The van der Waals surface area contributed by atoms with E-state index in [0.717, 1.165) is 11.1 Å². The summed E-state index contributed by atoms with van der Waals surface area (Å²) in [5.41, 5.74) is 3.17. The van der Waals surface area contributed by atoms with Crippen LogP contribution in [0.1, 0.15) is 27.0 Å². The van der Waals surface area contributed by atoms with Crippen molar-refractivity contribution in [2.45, 2.75) is 20.8 Å². The number of hydrogen-bond acceptors (Lipinski definition) is 3. The predicted octanol–water partition coefficient (Wildman–Crippen LogP) is 4.28. The normalized spacial score (nSPS) is 10.3. The smallest absolute Gasteiger partial charge is 0.307 e. The third kappa shape index (κ3) is 4.21. The Hall–Kier alpha value is -2.11. The molecule has 2 N–H and O–H groups in total. The fourth-order valence-corrected chi connectivity index (χ4v) is 2.68. The maximum atomic E-state index is 12.2. The van der Waals surface area contributed by atoms with Crippen molar-refractivity contribution in [2.75, 3.05) is 5.32 Å². The Balaban J connectivity index is 2.14. The maximum Gasteiger partial charge on any atom is 0.326 e. The fourth-order valence-electron chi connectivity index (χ4n) is 2.06. The van der Waals surface area contributed by atoms with E-state index < -0.39 is 11.9 Å². The average molecular weight is 352 g/mol. The number of aryl methyl sites for hydroxylation is 3. The number of rotatable bonds is 2. The standard InChI is InChI=1S/C16H15Cl2N3O2/c1-8-4-5-9(2)11(6-8)19-16(23)21-15(22)13-10(3)7-12(17)20-14(13)18/h4-7H,1-3H3,(H2,19,21,22,23). The number of carbonyl (C=O) groups excluding carboxylic acids is 2. The monoisotopic (exact) mass is 351 g/mol. The Morgan fingerprint density at radius 2 is 1.74 bits per heavy atom. The van der Waals surface area contributed by atoms with Crippen LogP contribution >= 0.6 is 23.2 Å². The lowest BCUT2D eigenvalue weighted by Crippen LogP contribution is -2.35. The molecular weight excluding hydrogens is 337 g/mol. The van der Waals surface area contributed by atoms with Gasteiger partial charge in [-0.1, -0.05) is 35.3 Å². The minimum Gasteiger partial charge on any atom is -0.307 e. The zero-order chi connectivity index (χ0) is 17.1. The summed E-state index contributed by atoms with van der Waals surface area (Å²) in [5, 5.41) is 5.01. The van der Waals surface area contributed by atoms with Gasteiger partial charge >= 0.3 is 6.03 Å². The third-order valence-corrected chi connectivity index (χ3v) is 3.70. The summed E-state index contributed by atoms with van der Waals surface area (Å²) in [4.78, 5) is 28.0. The van der Waals surface area contributed by atoms with Crippen molar-refractivity contribution in [3.63, 3.8) is 0 Å². The Morgan fingerprint density at radius 1 is 1.04 bits per heavy atom. The first-order chi connectivity index (χ1) is 10.8. The molecule has 120 valence electrons. The minimum atomic E-state index is -0.644. The quantitative estimate of drug-likeness (QED) is 0.793. The zero-order valence-electron chi connectivity index (χ0n) is 12.8. The van der Waals surface area contributed by atoms with Crippen molar-refractivity contribution >= 4 is 40.8 Å². The maximum absolute atomic E-state index is 12.2. The minimum absolute atomic E-state index is 0.0490. The summed E-state index contributed by atoms with van der Waals surface area (Å²) in [7, 11) is 0. The molecular formula is C16H15Cl2N3O2. The molecule has 0 aliphatic carbocycles. The highest BCUT2D eigenvalue weighted by Crippen LogP contribution is 2.21. The molecule has 0 aliphatic rings. The van der Waals surface area contributed by atoms with Gasteiger partial charge < -0.3 is 5.32 Å². The zero-order valence-corrected chi connectivity index (χ0v) is 14.3. The Bertz CT molecular complexity index is 768. The molecule has 0 unspecified atom stereocenters. The number of anilines is 1. The number of aromatic nitrogens is 1. The van der Waals surface area contributed by atoms with Gasteiger partial charge in [-0.05, 0) is 49.6 Å². The molecule has 1 aromatic carbocycles. The number of nitrogens with zero attached hydrogens (tertiary/aromatic N) is 1. The molecule has 0 saturated carbocycles. The van der Waals surface area contributed by atoms with Gasteiger partial charge in [0.1, 0.15) is 10.3 Å². The first kappa shape index (κ1) is 17.2.